The second-order valence-corrected chi connectivity index (χ2v) is 7.67. The number of rotatable bonds is 4. The van der Waals surface area contributed by atoms with Crippen LogP contribution in [-0.2, 0) is 4.79 Å². The van der Waals surface area contributed by atoms with E-state index in [0.717, 1.165) is 19.4 Å². The first-order chi connectivity index (χ1) is 14.9. The number of nitrogens with one attached hydrogen (secondary N) is 3. The molecule has 31 heavy (non-hydrogen) atoms. The van der Waals surface area contributed by atoms with Crippen molar-refractivity contribution in [2.75, 3.05) is 18.4 Å². The molecule has 0 aliphatic carbocycles. The molecule has 0 saturated carbocycles. The first-order valence-corrected chi connectivity index (χ1v) is 10.1. The smallest absolute Gasteiger partial charge is 0.219 e. The molecule has 0 radical (unpaired) electrons. The second kappa shape index (κ2) is 8.86. The number of nitrogens with zero attached hydrogens (tertiary/aromatic N) is 4. The fourth-order valence-corrected chi connectivity index (χ4v) is 3.75. The molecule has 3 heterocycles. The lowest BCUT2D eigenvalue weighted by atomic mass is 10.1. The van der Waals surface area contributed by atoms with Crippen molar-refractivity contribution in [2.45, 2.75) is 25.8 Å². The number of aromatic nitrogens is 3. The number of halogens is 2. The Labute approximate surface area is 182 Å². The van der Waals surface area contributed by atoms with E-state index in [-0.39, 0.29) is 22.8 Å². The summed E-state index contributed by atoms with van der Waals surface area (Å²) in [4.78, 5) is 29.7. The van der Waals surface area contributed by atoms with E-state index in [1.54, 1.807) is 19.2 Å². The number of carbonyl (C=O) groups is 1. The maximum atomic E-state index is 13.4. The minimum absolute atomic E-state index is 0.0517. The fraction of sp³-hybridized carbons (Fsp3) is 0.300. The molecule has 3 aromatic rings. The van der Waals surface area contributed by atoms with Crippen LogP contribution >= 0.6 is 11.6 Å². The minimum atomic E-state index is -0.555. The average molecular weight is 446 g/mol. The Bertz CT molecular complexity index is 1150. The third-order valence-electron chi connectivity index (χ3n) is 5.10. The number of amidine groups is 1. The number of piperidine rings is 1. The third-order valence-corrected chi connectivity index (χ3v) is 5.39. The van der Waals surface area contributed by atoms with Gasteiger partial charge in [0.15, 0.2) is 11.5 Å². The Morgan fingerprint density at radius 2 is 2.26 bits per heavy atom. The zero-order chi connectivity index (χ0) is 22.0. The Balaban J connectivity index is 1.63. The number of aliphatic imine (C=N–C) groups is 1. The van der Waals surface area contributed by atoms with Crippen LogP contribution in [0.2, 0.25) is 5.02 Å². The summed E-state index contributed by atoms with van der Waals surface area (Å²) in [6.07, 6.45) is 3.37. The van der Waals surface area contributed by atoms with Gasteiger partial charge < -0.3 is 15.2 Å². The first-order valence-electron chi connectivity index (χ1n) is 9.75. The monoisotopic (exact) mass is 445 g/mol. The van der Waals surface area contributed by atoms with E-state index in [1.807, 2.05) is 4.90 Å². The molecule has 1 aliphatic rings. The van der Waals surface area contributed by atoms with Crippen molar-refractivity contribution < 1.29 is 14.4 Å². The molecule has 1 amide bonds. The van der Waals surface area contributed by atoms with Gasteiger partial charge in [0, 0.05) is 37.8 Å². The zero-order valence-corrected chi connectivity index (χ0v) is 17.4. The van der Waals surface area contributed by atoms with Gasteiger partial charge in [-0.2, -0.15) is 4.98 Å². The van der Waals surface area contributed by atoms with Crippen LogP contribution in [0.1, 0.15) is 25.3 Å². The number of benzene rings is 1. The Hall–Kier alpha value is -3.24. The first kappa shape index (κ1) is 21.0. The summed E-state index contributed by atoms with van der Waals surface area (Å²) >= 11 is 5.82. The number of aromatic amines is 1. The molecule has 1 atom stereocenters. The highest BCUT2D eigenvalue weighted by molar-refractivity contribution is 6.31. The number of pyridine rings is 1. The highest BCUT2D eigenvalue weighted by Gasteiger charge is 2.22. The van der Waals surface area contributed by atoms with Gasteiger partial charge in [-0.15, -0.1) is 0 Å². The molecule has 0 bridgehead atoms. The van der Waals surface area contributed by atoms with Crippen LogP contribution in [0.15, 0.2) is 35.5 Å². The zero-order valence-electron chi connectivity index (χ0n) is 16.7. The van der Waals surface area contributed by atoms with Crippen molar-refractivity contribution in [3.05, 3.63) is 46.9 Å². The van der Waals surface area contributed by atoms with Gasteiger partial charge in [-0.1, -0.05) is 11.6 Å². The number of carbonyl (C=O) groups excluding carboxylic acids is 1. The molecule has 4 rings (SSSR count). The summed E-state index contributed by atoms with van der Waals surface area (Å²) in [5.74, 6) is 0.120. The van der Waals surface area contributed by atoms with Gasteiger partial charge in [-0.3, -0.25) is 15.5 Å². The lowest BCUT2D eigenvalue weighted by Gasteiger charge is -2.32. The summed E-state index contributed by atoms with van der Waals surface area (Å²) in [5.41, 5.74) is 3.93. The largest absolute Gasteiger partial charge is 0.351 e. The van der Waals surface area contributed by atoms with Gasteiger partial charge in [0.05, 0.1) is 16.2 Å². The third kappa shape index (κ3) is 4.59. The second-order valence-electron chi connectivity index (χ2n) is 7.26. The molecule has 11 heteroatoms. The molecule has 1 unspecified atom stereocenters. The van der Waals surface area contributed by atoms with Gasteiger partial charge in [-0.05, 0) is 37.1 Å². The van der Waals surface area contributed by atoms with Crippen molar-refractivity contribution in [3.63, 3.8) is 0 Å². The highest BCUT2D eigenvalue weighted by Crippen LogP contribution is 2.24. The van der Waals surface area contributed by atoms with Gasteiger partial charge >= 0.3 is 0 Å². The van der Waals surface area contributed by atoms with E-state index in [2.05, 4.69) is 30.7 Å². The van der Waals surface area contributed by atoms with Crippen molar-refractivity contribution in [1.29, 1.82) is 0 Å². The van der Waals surface area contributed by atoms with Crippen molar-refractivity contribution >= 4 is 46.1 Å². The molecular weight excluding hydrogens is 425 g/mol. The van der Waals surface area contributed by atoms with Gasteiger partial charge in [0.1, 0.15) is 5.82 Å². The summed E-state index contributed by atoms with van der Waals surface area (Å²) in [6.45, 7) is 2.93. The highest BCUT2D eigenvalue weighted by atomic mass is 35.5. The van der Waals surface area contributed by atoms with E-state index in [1.165, 1.54) is 18.2 Å². The molecule has 2 aromatic heterocycles. The number of hydroxylamine groups is 1. The molecule has 1 aromatic carbocycles. The number of likely N-dealkylation sites (tertiary alicyclic amines) is 1. The van der Waals surface area contributed by atoms with Gasteiger partial charge in [0.25, 0.3) is 0 Å². The van der Waals surface area contributed by atoms with Crippen LogP contribution in [0.25, 0.3) is 11.2 Å². The number of fused-ring (bicyclic) bond motifs is 1. The van der Waals surface area contributed by atoms with Crippen molar-refractivity contribution in [1.82, 2.24) is 25.3 Å². The maximum absolute atomic E-state index is 13.4. The molecule has 162 valence electrons. The van der Waals surface area contributed by atoms with E-state index in [0.29, 0.717) is 34.9 Å². The normalized spacial score (nSPS) is 17.1. The summed E-state index contributed by atoms with van der Waals surface area (Å²) < 4.78 is 13.4. The lowest BCUT2D eigenvalue weighted by molar-refractivity contribution is -0.129. The standard InChI is InChI=1S/C20H21ClFN7O2/c1-11(30)29-8-2-3-13(10-29)25-20-26-17-14(6-7-23-19(17)27-20)18(28-31)24-12-4-5-16(22)15(21)9-12/h4-7,9,13,31H,2-3,8,10H2,1H3,(H,24,28)(H2,23,25,26,27). The molecule has 1 aliphatic heterocycles. The molecular formula is C20H21ClFN7O2. The van der Waals surface area contributed by atoms with E-state index >= 15 is 0 Å². The molecule has 9 nitrogen and oxygen atoms in total. The maximum Gasteiger partial charge on any atom is 0.219 e. The number of anilines is 1. The summed E-state index contributed by atoms with van der Waals surface area (Å²) in [6, 6.07) is 5.73. The number of H-pyrrole nitrogens is 1. The van der Waals surface area contributed by atoms with Crippen LogP contribution in [-0.4, -0.2) is 55.9 Å². The SMILES string of the molecule is CC(=O)N1CCCC(Nc2nc3nccc(C(=Nc4ccc(F)c(Cl)c4)NO)c3[nH]2)C1. The lowest BCUT2D eigenvalue weighted by Crippen LogP contribution is -2.44. The number of amides is 1. The Morgan fingerprint density at radius 3 is 3.00 bits per heavy atom. The van der Waals surface area contributed by atoms with Crippen LogP contribution in [0.5, 0.6) is 0 Å². The van der Waals surface area contributed by atoms with E-state index in [9.17, 15) is 14.4 Å². The minimum Gasteiger partial charge on any atom is -0.351 e. The summed E-state index contributed by atoms with van der Waals surface area (Å²) in [7, 11) is 0. The van der Waals surface area contributed by atoms with E-state index < -0.39 is 5.82 Å². The quantitative estimate of drug-likeness (QED) is 0.278. The molecule has 1 fully saturated rings. The topological polar surface area (TPSA) is 119 Å². The predicted octanol–water partition coefficient (Wildman–Crippen LogP) is 3.23. The van der Waals surface area contributed by atoms with Crippen molar-refractivity contribution in [2.24, 2.45) is 4.99 Å². The van der Waals surface area contributed by atoms with Crippen molar-refractivity contribution in [3.8, 4) is 0 Å². The average Bonchev–Trinajstić information content (AvgIpc) is 3.17. The van der Waals surface area contributed by atoms with Gasteiger partial charge in [0.2, 0.25) is 11.9 Å². The van der Waals surface area contributed by atoms with E-state index in [4.69, 9.17) is 11.6 Å². The Morgan fingerprint density at radius 1 is 1.42 bits per heavy atom. The number of imidazole rings is 1. The van der Waals surface area contributed by atoms with Gasteiger partial charge in [-0.25, -0.2) is 14.4 Å². The number of hydrogen-bond donors (Lipinski definition) is 4. The number of hydrogen-bond acceptors (Lipinski definition) is 6. The molecule has 4 N–H and O–H groups in total. The predicted molar refractivity (Wildman–Crippen MR) is 115 cm³/mol. The molecule has 0 spiro atoms. The molecule has 1 saturated heterocycles. The Kier molecular flexibility index (Phi) is 6.01. The van der Waals surface area contributed by atoms with Crippen LogP contribution < -0.4 is 10.8 Å². The van der Waals surface area contributed by atoms with Crippen LogP contribution in [0.4, 0.5) is 16.0 Å². The van der Waals surface area contributed by atoms with Crippen LogP contribution in [0.3, 0.4) is 0 Å². The summed E-state index contributed by atoms with van der Waals surface area (Å²) in [5, 5.41) is 12.9. The fourth-order valence-electron chi connectivity index (χ4n) is 3.58. The van der Waals surface area contributed by atoms with Crippen LogP contribution in [0, 0.1) is 5.82 Å².